The van der Waals surface area contributed by atoms with E-state index in [1.807, 2.05) is 0 Å². The molecule has 4 heteroatoms. The molecule has 0 spiro atoms. The van der Waals surface area contributed by atoms with E-state index in [1.165, 1.54) is 10.8 Å². The maximum absolute atomic E-state index is 11.0. The van der Waals surface area contributed by atoms with Crippen LogP contribution >= 0.6 is 10.8 Å². The van der Waals surface area contributed by atoms with Gasteiger partial charge in [-0.1, -0.05) is 5.92 Å². The van der Waals surface area contributed by atoms with Crippen LogP contribution in [0.15, 0.2) is 0 Å². The van der Waals surface area contributed by atoms with Crippen molar-refractivity contribution in [2.24, 2.45) is 0 Å². The Morgan fingerprint density at radius 2 is 2.56 bits per heavy atom. The van der Waals surface area contributed by atoms with Crippen molar-refractivity contribution < 1.29 is 4.21 Å². The second-order valence-electron chi connectivity index (χ2n) is 1.80. The molecule has 0 saturated carbocycles. The summed E-state index contributed by atoms with van der Waals surface area (Å²) >= 11 is 4.75. The van der Waals surface area contributed by atoms with Crippen LogP contribution in [-0.2, 0) is 18.7 Å². The Bertz CT molecular complexity index is 233. The van der Waals surface area contributed by atoms with Crippen LogP contribution in [0.5, 0.6) is 0 Å². The SMILES string of the molecule is C#CC1CCS(=O)(=S)S1. The molecule has 2 unspecified atom stereocenters. The molecule has 0 aliphatic carbocycles. The van der Waals surface area contributed by atoms with Gasteiger partial charge in [-0.2, -0.15) is 0 Å². The molecule has 0 amide bonds. The summed E-state index contributed by atoms with van der Waals surface area (Å²) < 4.78 is 11.0. The molecule has 0 N–H and O–H groups in total. The summed E-state index contributed by atoms with van der Waals surface area (Å²) in [6, 6.07) is 0. The molecule has 50 valence electrons. The first-order valence-electron chi connectivity index (χ1n) is 2.51. The van der Waals surface area contributed by atoms with E-state index < -0.39 is 7.52 Å². The van der Waals surface area contributed by atoms with Gasteiger partial charge in [-0.15, -0.1) is 6.42 Å². The molecule has 1 heterocycles. The lowest BCUT2D eigenvalue weighted by Crippen LogP contribution is -1.89. The van der Waals surface area contributed by atoms with Crippen molar-refractivity contribution >= 4 is 29.5 Å². The van der Waals surface area contributed by atoms with Crippen LogP contribution in [0, 0.1) is 12.3 Å². The van der Waals surface area contributed by atoms with Gasteiger partial charge in [-0.05, 0) is 28.4 Å². The lowest BCUT2D eigenvalue weighted by atomic mass is 10.3. The van der Waals surface area contributed by atoms with Crippen molar-refractivity contribution in [2.75, 3.05) is 5.75 Å². The van der Waals surface area contributed by atoms with Gasteiger partial charge in [0.05, 0.1) is 12.8 Å². The zero-order valence-electron chi connectivity index (χ0n) is 4.70. The Morgan fingerprint density at radius 3 is 2.78 bits per heavy atom. The highest BCUT2D eigenvalue weighted by Gasteiger charge is 2.23. The number of hydrogen-bond acceptors (Lipinski definition) is 3. The van der Waals surface area contributed by atoms with Crippen LogP contribution in [-0.4, -0.2) is 15.2 Å². The average molecular weight is 178 g/mol. The van der Waals surface area contributed by atoms with Gasteiger partial charge in [-0.25, -0.2) is 4.21 Å². The third-order valence-corrected chi connectivity index (χ3v) is 6.00. The van der Waals surface area contributed by atoms with Crippen molar-refractivity contribution in [3.63, 3.8) is 0 Å². The van der Waals surface area contributed by atoms with E-state index in [0.29, 0.717) is 5.75 Å². The summed E-state index contributed by atoms with van der Waals surface area (Å²) in [5.41, 5.74) is 0. The Kier molecular flexibility index (Phi) is 2.04. The third-order valence-electron chi connectivity index (χ3n) is 1.08. The number of rotatable bonds is 0. The van der Waals surface area contributed by atoms with E-state index in [1.54, 1.807) is 0 Å². The number of terminal acetylenes is 1. The summed E-state index contributed by atoms with van der Waals surface area (Å²) in [6.45, 7) is 0. The van der Waals surface area contributed by atoms with Crippen LogP contribution in [0.25, 0.3) is 0 Å². The first-order chi connectivity index (χ1) is 4.14. The molecule has 0 aromatic carbocycles. The highest BCUT2D eigenvalue weighted by Crippen LogP contribution is 2.30. The fourth-order valence-electron chi connectivity index (χ4n) is 0.636. The minimum Gasteiger partial charge on any atom is -0.246 e. The monoisotopic (exact) mass is 178 g/mol. The van der Waals surface area contributed by atoms with Gasteiger partial charge < -0.3 is 0 Å². The van der Waals surface area contributed by atoms with Gasteiger partial charge in [0.2, 0.25) is 0 Å². The minimum atomic E-state index is -2.00. The summed E-state index contributed by atoms with van der Waals surface area (Å²) in [5.74, 6) is 3.15. The molecule has 1 fully saturated rings. The van der Waals surface area contributed by atoms with Gasteiger partial charge >= 0.3 is 0 Å². The summed E-state index contributed by atoms with van der Waals surface area (Å²) in [7, 11) is -0.726. The Morgan fingerprint density at radius 1 is 1.89 bits per heavy atom. The second kappa shape index (κ2) is 2.49. The van der Waals surface area contributed by atoms with Gasteiger partial charge in [-0.3, -0.25) is 0 Å². The molecule has 1 saturated heterocycles. The lowest BCUT2D eigenvalue weighted by molar-refractivity contribution is 0.690. The van der Waals surface area contributed by atoms with Crippen LogP contribution in [0.2, 0.25) is 0 Å². The fraction of sp³-hybridized carbons (Fsp3) is 0.600. The molecular weight excluding hydrogens is 172 g/mol. The highest BCUT2D eigenvalue weighted by atomic mass is 33.3. The van der Waals surface area contributed by atoms with Gasteiger partial charge in [0.25, 0.3) is 0 Å². The predicted octanol–water partition coefficient (Wildman–Crippen LogP) is 0.786. The largest absolute Gasteiger partial charge is 0.246 e. The first kappa shape index (κ1) is 7.39. The van der Waals surface area contributed by atoms with Crippen LogP contribution in [0.3, 0.4) is 0 Å². The van der Waals surface area contributed by atoms with E-state index in [2.05, 4.69) is 5.92 Å². The zero-order chi connectivity index (χ0) is 6.91. The summed E-state index contributed by atoms with van der Waals surface area (Å²) in [6.07, 6.45) is 5.94. The minimum absolute atomic E-state index is 0.106. The number of hydrogen-bond donors (Lipinski definition) is 0. The summed E-state index contributed by atoms with van der Waals surface area (Å²) in [4.78, 5) is 0. The van der Waals surface area contributed by atoms with E-state index in [9.17, 15) is 4.21 Å². The van der Waals surface area contributed by atoms with E-state index in [0.717, 1.165) is 6.42 Å². The van der Waals surface area contributed by atoms with Gasteiger partial charge in [0, 0.05) is 5.75 Å². The highest BCUT2D eigenvalue weighted by molar-refractivity contribution is 8.86. The topological polar surface area (TPSA) is 17.1 Å². The predicted molar refractivity (Wildman–Crippen MR) is 45.2 cm³/mol. The molecule has 1 nitrogen and oxygen atoms in total. The van der Waals surface area contributed by atoms with Crippen molar-refractivity contribution in [1.29, 1.82) is 0 Å². The Balaban J connectivity index is 2.72. The molecule has 9 heavy (non-hydrogen) atoms. The molecule has 1 rings (SSSR count). The zero-order valence-corrected chi connectivity index (χ0v) is 7.15. The molecule has 0 bridgehead atoms. The van der Waals surface area contributed by atoms with Gasteiger partial charge in [0.1, 0.15) is 0 Å². The van der Waals surface area contributed by atoms with Crippen molar-refractivity contribution in [3.05, 3.63) is 0 Å². The summed E-state index contributed by atoms with van der Waals surface area (Å²) in [5, 5.41) is 0.106. The fourth-order valence-corrected chi connectivity index (χ4v) is 5.27. The Labute approximate surface area is 63.7 Å². The van der Waals surface area contributed by atoms with Crippen LogP contribution in [0.4, 0.5) is 0 Å². The third kappa shape index (κ3) is 1.85. The molecule has 1 aliphatic heterocycles. The average Bonchev–Trinajstić information content (AvgIpc) is 2.10. The van der Waals surface area contributed by atoms with E-state index >= 15 is 0 Å². The molecule has 0 aromatic heterocycles. The first-order valence-corrected chi connectivity index (χ1v) is 6.56. The van der Waals surface area contributed by atoms with E-state index in [4.69, 9.17) is 17.6 Å². The maximum Gasteiger partial charge on any atom is 0.0831 e. The Hall–Kier alpha value is 0.280. The molecular formula is C5H6OS3. The van der Waals surface area contributed by atoms with E-state index in [-0.39, 0.29) is 5.25 Å². The van der Waals surface area contributed by atoms with Crippen LogP contribution in [0.1, 0.15) is 6.42 Å². The van der Waals surface area contributed by atoms with Crippen molar-refractivity contribution in [2.45, 2.75) is 11.7 Å². The molecule has 0 radical (unpaired) electrons. The van der Waals surface area contributed by atoms with Crippen molar-refractivity contribution in [3.8, 4) is 12.3 Å². The maximum atomic E-state index is 11.0. The van der Waals surface area contributed by atoms with Gasteiger partial charge in [0.15, 0.2) is 0 Å². The quantitative estimate of drug-likeness (QED) is 0.403. The lowest BCUT2D eigenvalue weighted by Gasteiger charge is -1.92. The van der Waals surface area contributed by atoms with Crippen LogP contribution < -0.4 is 0 Å². The molecule has 2 atom stereocenters. The normalized spacial score (nSPS) is 42.3. The molecule has 0 aromatic rings. The second-order valence-corrected chi connectivity index (χ2v) is 8.53. The standard InChI is InChI=1S/C5H6OS3/c1-2-5-3-4-9(6,7)8-5/h1,5H,3-4H2. The smallest absolute Gasteiger partial charge is 0.0831 e. The van der Waals surface area contributed by atoms with Crippen molar-refractivity contribution in [1.82, 2.24) is 0 Å². The molecule has 1 aliphatic rings.